The van der Waals surface area contributed by atoms with Crippen LogP contribution in [0.5, 0.6) is 0 Å². The maximum atomic E-state index is 14.2. The van der Waals surface area contributed by atoms with Crippen LogP contribution in [0.25, 0.3) is 0 Å². The Kier molecular flexibility index (Phi) is 7.82. The zero-order valence-corrected chi connectivity index (χ0v) is 20.3. The lowest BCUT2D eigenvalue weighted by molar-refractivity contribution is -0.128. The van der Waals surface area contributed by atoms with Crippen molar-refractivity contribution in [1.29, 1.82) is 0 Å². The fraction of sp³-hybridized carbons (Fsp3) is 0.385. The van der Waals surface area contributed by atoms with Gasteiger partial charge in [-0.05, 0) is 57.0 Å². The highest BCUT2D eigenvalue weighted by Crippen LogP contribution is 2.31. The molecule has 0 bridgehead atoms. The number of amides is 3. The van der Waals surface area contributed by atoms with Crippen molar-refractivity contribution in [3.05, 3.63) is 65.6 Å². The summed E-state index contributed by atoms with van der Waals surface area (Å²) in [6.07, 6.45) is 3.33. The molecule has 36 heavy (non-hydrogen) atoms. The Morgan fingerprint density at radius 1 is 1.08 bits per heavy atom. The van der Waals surface area contributed by atoms with E-state index in [-0.39, 0.29) is 36.1 Å². The van der Waals surface area contributed by atoms with Gasteiger partial charge in [-0.2, -0.15) is 0 Å². The first-order valence-electron chi connectivity index (χ1n) is 12.0. The highest BCUT2D eigenvalue weighted by atomic mass is 19.1. The van der Waals surface area contributed by atoms with Crippen molar-refractivity contribution >= 4 is 29.2 Å². The molecule has 10 heteroatoms. The first kappa shape index (κ1) is 25.2. The topological polar surface area (TPSA) is 118 Å². The van der Waals surface area contributed by atoms with E-state index in [2.05, 4.69) is 15.8 Å². The summed E-state index contributed by atoms with van der Waals surface area (Å²) >= 11 is 0. The second kappa shape index (κ2) is 11.2. The van der Waals surface area contributed by atoms with Crippen LogP contribution in [0.4, 0.5) is 15.9 Å². The second-order valence-corrected chi connectivity index (χ2v) is 8.96. The van der Waals surface area contributed by atoms with Gasteiger partial charge in [0.1, 0.15) is 23.1 Å². The van der Waals surface area contributed by atoms with Crippen molar-refractivity contribution in [1.82, 2.24) is 10.5 Å². The van der Waals surface area contributed by atoms with E-state index in [1.54, 1.807) is 38.1 Å². The smallest absolute Gasteiger partial charge is 0.251 e. The van der Waals surface area contributed by atoms with Gasteiger partial charge in [-0.25, -0.2) is 4.39 Å². The minimum Gasteiger partial charge on any atom is -0.464 e. The lowest BCUT2D eigenvalue weighted by Crippen LogP contribution is -2.46. The molecule has 2 N–H and O–H groups in total. The van der Waals surface area contributed by atoms with E-state index >= 15 is 0 Å². The number of anilines is 2. The number of carbonyl (C=O) groups is 3. The second-order valence-electron chi connectivity index (χ2n) is 8.96. The molecular weight excluding hydrogens is 467 g/mol. The van der Waals surface area contributed by atoms with Crippen LogP contribution in [0, 0.1) is 19.7 Å². The minimum absolute atomic E-state index is 0.00258. The van der Waals surface area contributed by atoms with Crippen LogP contribution < -0.4 is 15.5 Å². The van der Waals surface area contributed by atoms with Crippen molar-refractivity contribution in [3.8, 4) is 0 Å². The number of furan rings is 1. The van der Waals surface area contributed by atoms with E-state index in [4.69, 9.17) is 8.94 Å². The molecule has 1 atom stereocenters. The number of hydrogen-bond donors (Lipinski definition) is 2. The van der Waals surface area contributed by atoms with Gasteiger partial charge in [-0.3, -0.25) is 19.3 Å². The monoisotopic (exact) mass is 496 g/mol. The number of aromatic nitrogens is 1. The van der Waals surface area contributed by atoms with Crippen LogP contribution in [0.1, 0.15) is 61.8 Å². The van der Waals surface area contributed by atoms with Crippen LogP contribution in [0.15, 0.2) is 51.4 Å². The number of nitrogens with one attached hydrogen (secondary N) is 2. The molecule has 1 aliphatic rings. The van der Waals surface area contributed by atoms with Gasteiger partial charge in [-0.15, -0.1) is 0 Å². The highest BCUT2D eigenvalue weighted by Gasteiger charge is 2.36. The predicted octanol–water partition coefficient (Wildman–Crippen LogP) is 4.58. The average Bonchev–Trinajstić information content (AvgIpc) is 3.59. The van der Waals surface area contributed by atoms with Crippen LogP contribution in [-0.4, -0.2) is 28.9 Å². The third-order valence-corrected chi connectivity index (χ3v) is 6.06. The summed E-state index contributed by atoms with van der Waals surface area (Å²) in [5.41, 5.74) is 0.188. The van der Waals surface area contributed by atoms with E-state index in [0.717, 1.165) is 25.7 Å². The molecule has 1 aliphatic carbocycles. The van der Waals surface area contributed by atoms with Gasteiger partial charge in [0.2, 0.25) is 11.8 Å². The Morgan fingerprint density at radius 2 is 1.86 bits per heavy atom. The van der Waals surface area contributed by atoms with Gasteiger partial charge in [0.25, 0.3) is 5.91 Å². The molecule has 2 aromatic heterocycles. The van der Waals surface area contributed by atoms with Crippen molar-refractivity contribution in [2.75, 3.05) is 10.2 Å². The zero-order chi connectivity index (χ0) is 25.7. The summed E-state index contributed by atoms with van der Waals surface area (Å²) in [4.78, 5) is 40.7. The summed E-state index contributed by atoms with van der Waals surface area (Å²) in [6.45, 7) is 3.43. The molecule has 2 heterocycles. The molecule has 1 fully saturated rings. The van der Waals surface area contributed by atoms with E-state index in [1.165, 1.54) is 23.1 Å². The Bertz CT molecular complexity index is 1230. The number of nitrogens with zero attached hydrogens (tertiary/aromatic N) is 2. The van der Waals surface area contributed by atoms with Crippen LogP contribution >= 0.6 is 0 Å². The number of rotatable bonds is 9. The number of carbonyl (C=O) groups excluding carboxylic acids is 3. The lowest BCUT2D eigenvalue weighted by atomic mass is 10.1. The summed E-state index contributed by atoms with van der Waals surface area (Å²) in [7, 11) is 0. The Balaban J connectivity index is 1.60. The molecule has 190 valence electrons. The largest absolute Gasteiger partial charge is 0.464 e. The summed E-state index contributed by atoms with van der Waals surface area (Å²) in [6, 6.07) is 9.16. The number of halogens is 1. The van der Waals surface area contributed by atoms with Crippen LogP contribution in [-0.2, 0) is 14.4 Å². The van der Waals surface area contributed by atoms with Gasteiger partial charge >= 0.3 is 0 Å². The zero-order valence-electron chi connectivity index (χ0n) is 20.3. The quantitative estimate of drug-likeness (QED) is 0.448. The third kappa shape index (κ3) is 6.18. The third-order valence-electron chi connectivity index (χ3n) is 6.06. The van der Waals surface area contributed by atoms with Crippen molar-refractivity contribution < 1.29 is 27.7 Å². The average molecular weight is 497 g/mol. The Hall–Kier alpha value is -3.95. The van der Waals surface area contributed by atoms with Gasteiger partial charge in [0, 0.05) is 30.6 Å². The van der Waals surface area contributed by atoms with E-state index in [9.17, 15) is 18.8 Å². The molecule has 1 saturated carbocycles. The molecule has 3 aromatic rings. The maximum absolute atomic E-state index is 14.2. The lowest BCUT2D eigenvalue weighted by Gasteiger charge is -2.31. The van der Waals surface area contributed by atoms with Gasteiger partial charge < -0.3 is 19.6 Å². The number of benzene rings is 1. The fourth-order valence-corrected chi connectivity index (χ4v) is 4.36. The Labute approximate surface area is 208 Å². The molecule has 1 aromatic carbocycles. The molecule has 0 saturated heterocycles. The fourth-order valence-electron chi connectivity index (χ4n) is 4.36. The molecular formula is C26H29FN4O5. The number of hydrogen-bond acceptors (Lipinski definition) is 6. The minimum atomic E-state index is -1.17. The van der Waals surface area contributed by atoms with Crippen molar-refractivity contribution in [2.45, 2.75) is 64.5 Å². The van der Waals surface area contributed by atoms with E-state index < -0.39 is 29.6 Å². The first-order chi connectivity index (χ1) is 17.3. The standard InChI is InChI=1S/C26H29FN4O5/c1-16-10-11-21(35-16)25(26(34)28-19-7-3-4-8-19)31(20-9-5-6-18(27)15-20)24(33)13-12-23(32)29-22-14-17(2)36-30-22/h5-6,9-11,14-15,19,25H,3-4,7-8,12-13H2,1-2H3,(H,28,34)(H,29,30,32)/t25-/m1/s1. The van der Waals surface area contributed by atoms with Gasteiger partial charge in [0.15, 0.2) is 11.9 Å². The SMILES string of the molecule is Cc1cc(NC(=O)CCC(=O)N(c2cccc(F)c2)[C@@H](C(=O)NC2CCCC2)c2ccc(C)o2)no1. The normalized spacial score (nSPS) is 14.4. The molecule has 3 amide bonds. The predicted molar refractivity (Wildman–Crippen MR) is 130 cm³/mol. The molecule has 0 spiro atoms. The molecule has 4 rings (SSSR count). The summed E-state index contributed by atoms with van der Waals surface area (Å²) in [5.74, 6) is -0.369. The van der Waals surface area contributed by atoms with Gasteiger partial charge in [-0.1, -0.05) is 24.1 Å². The molecule has 0 unspecified atom stereocenters. The summed E-state index contributed by atoms with van der Waals surface area (Å²) < 4.78 is 24.9. The number of aryl methyl sites for hydroxylation is 2. The first-order valence-corrected chi connectivity index (χ1v) is 12.0. The van der Waals surface area contributed by atoms with Crippen LogP contribution in [0.2, 0.25) is 0 Å². The summed E-state index contributed by atoms with van der Waals surface area (Å²) in [5, 5.41) is 9.30. The Morgan fingerprint density at radius 3 is 2.50 bits per heavy atom. The molecule has 9 nitrogen and oxygen atoms in total. The van der Waals surface area contributed by atoms with E-state index in [0.29, 0.717) is 11.5 Å². The van der Waals surface area contributed by atoms with Crippen molar-refractivity contribution in [3.63, 3.8) is 0 Å². The van der Waals surface area contributed by atoms with E-state index in [1.807, 2.05) is 0 Å². The van der Waals surface area contributed by atoms with Crippen LogP contribution in [0.3, 0.4) is 0 Å². The van der Waals surface area contributed by atoms with Gasteiger partial charge in [0.05, 0.1) is 0 Å². The molecule has 0 radical (unpaired) electrons. The van der Waals surface area contributed by atoms with Crippen molar-refractivity contribution in [2.24, 2.45) is 0 Å². The molecule has 0 aliphatic heterocycles. The highest BCUT2D eigenvalue weighted by molar-refractivity contribution is 6.03. The maximum Gasteiger partial charge on any atom is 0.251 e.